The van der Waals surface area contributed by atoms with E-state index in [1.54, 1.807) is 0 Å². The van der Waals surface area contributed by atoms with Crippen molar-refractivity contribution in [1.82, 2.24) is 14.8 Å². The molecule has 0 bridgehead atoms. The number of halogens is 1. The Hall–Kier alpha value is -2.26. The van der Waals surface area contributed by atoms with Gasteiger partial charge < -0.3 is 4.98 Å². The van der Waals surface area contributed by atoms with Crippen LogP contribution in [0.15, 0.2) is 42.7 Å². The quantitative estimate of drug-likeness (QED) is 0.389. The van der Waals surface area contributed by atoms with E-state index in [-0.39, 0.29) is 10.8 Å². The first kappa shape index (κ1) is 18.1. The summed E-state index contributed by atoms with van der Waals surface area (Å²) in [6.07, 6.45) is 4.01. The number of rotatable bonds is 1. The van der Waals surface area contributed by atoms with E-state index in [0.29, 0.717) is 5.02 Å². The standard InChI is InChI=1S/C23H26ClN3/c1-22(2,3)15-7-8-20-14(9-15)12-26-27(20)21-10-16-17(23(4,5)6)13-25-19(16)11-18(21)24/h7-13,25H,1-6H3. The lowest BCUT2D eigenvalue weighted by molar-refractivity contribution is 0.591. The van der Waals surface area contributed by atoms with Gasteiger partial charge in [-0.2, -0.15) is 5.10 Å². The van der Waals surface area contributed by atoms with Gasteiger partial charge in [-0.1, -0.05) is 59.2 Å². The summed E-state index contributed by atoms with van der Waals surface area (Å²) in [4.78, 5) is 3.36. The second-order valence-electron chi connectivity index (χ2n) is 9.38. The van der Waals surface area contributed by atoms with E-state index in [9.17, 15) is 0 Å². The van der Waals surface area contributed by atoms with Crippen molar-refractivity contribution in [1.29, 1.82) is 0 Å². The monoisotopic (exact) mass is 379 g/mol. The van der Waals surface area contributed by atoms with Gasteiger partial charge in [0.05, 0.1) is 22.4 Å². The molecule has 0 aliphatic carbocycles. The zero-order chi connectivity index (χ0) is 19.6. The second kappa shape index (κ2) is 5.87. The number of aromatic nitrogens is 3. The predicted octanol–water partition coefficient (Wildman–Crippen LogP) is 6.76. The van der Waals surface area contributed by atoms with Crippen molar-refractivity contribution in [2.45, 2.75) is 52.4 Å². The fraction of sp³-hybridized carbons (Fsp3) is 0.348. The van der Waals surface area contributed by atoms with Crippen LogP contribution in [0.25, 0.3) is 27.5 Å². The average molecular weight is 380 g/mol. The van der Waals surface area contributed by atoms with Crippen molar-refractivity contribution in [2.75, 3.05) is 0 Å². The Morgan fingerprint density at radius 3 is 2.37 bits per heavy atom. The van der Waals surface area contributed by atoms with Crippen LogP contribution < -0.4 is 0 Å². The molecule has 0 aliphatic heterocycles. The van der Waals surface area contributed by atoms with Crippen molar-refractivity contribution >= 4 is 33.4 Å². The summed E-state index contributed by atoms with van der Waals surface area (Å²) in [6.45, 7) is 13.3. The number of H-pyrrole nitrogens is 1. The van der Waals surface area contributed by atoms with E-state index in [1.165, 1.54) is 16.5 Å². The molecule has 4 aromatic rings. The SMILES string of the molecule is CC(C)(C)c1ccc2c(cnn2-c2cc3c(C(C)(C)C)c[nH]c3cc2Cl)c1. The molecule has 4 rings (SSSR count). The third kappa shape index (κ3) is 3.04. The highest BCUT2D eigenvalue weighted by Crippen LogP contribution is 2.35. The molecule has 0 amide bonds. The molecule has 0 saturated carbocycles. The lowest BCUT2D eigenvalue weighted by Crippen LogP contribution is -2.10. The first-order valence-corrected chi connectivity index (χ1v) is 9.73. The molecule has 0 atom stereocenters. The van der Waals surface area contributed by atoms with E-state index in [1.807, 2.05) is 16.9 Å². The Kier molecular flexibility index (Phi) is 3.94. The summed E-state index contributed by atoms with van der Waals surface area (Å²) < 4.78 is 1.95. The third-order valence-corrected chi connectivity index (χ3v) is 5.52. The Bertz CT molecular complexity index is 1150. The van der Waals surface area contributed by atoms with Gasteiger partial charge >= 0.3 is 0 Å². The summed E-state index contributed by atoms with van der Waals surface area (Å²) in [5.74, 6) is 0. The van der Waals surface area contributed by atoms with Crippen molar-refractivity contribution in [3.63, 3.8) is 0 Å². The van der Waals surface area contributed by atoms with Crippen LogP contribution in [0.2, 0.25) is 5.02 Å². The Morgan fingerprint density at radius 2 is 1.70 bits per heavy atom. The molecule has 0 fully saturated rings. The number of hydrogen-bond acceptors (Lipinski definition) is 1. The lowest BCUT2D eigenvalue weighted by atomic mass is 9.86. The van der Waals surface area contributed by atoms with Crippen LogP contribution in [-0.4, -0.2) is 14.8 Å². The Morgan fingerprint density at radius 1 is 0.963 bits per heavy atom. The number of benzene rings is 2. The van der Waals surface area contributed by atoms with E-state index in [4.69, 9.17) is 11.6 Å². The molecule has 4 heteroatoms. The maximum Gasteiger partial charge on any atom is 0.0846 e. The maximum absolute atomic E-state index is 6.64. The molecule has 2 aromatic heterocycles. The molecule has 2 heterocycles. The molecule has 27 heavy (non-hydrogen) atoms. The first-order valence-electron chi connectivity index (χ1n) is 9.35. The number of hydrogen-bond donors (Lipinski definition) is 1. The number of nitrogens with one attached hydrogen (secondary N) is 1. The molecule has 140 valence electrons. The highest BCUT2D eigenvalue weighted by molar-refractivity contribution is 6.33. The zero-order valence-electron chi connectivity index (χ0n) is 16.8. The molecular weight excluding hydrogens is 354 g/mol. The minimum atomic E-state index is 0.0527. The van der Waals surface area contributed by atoms with Crippen LogP contribution in [0.4, 0.5) is 0 Å². The fourth-order valence-corrected chi connectivity index (χ4v) is 3.85. The van der Waals surface area contributed by atoms with Crippen molar-refractivity contribution in [2.24, 2.45) is 0 Å². The molecule has 0 radical (unpaired) electrons. The zero-order valence-corrected chi connectivity index (χ0v) is 17.6. The van der Waals surface area contributed by atoms with E-state index in [2.05, 4.69) is 82.1 Å². The van der Waals surface area contributed by atoms with Crippen LogP contribution in [0.5, 0.6) is 0 Å². The summed E-state index contributed by atoms with van der Waals surface area (Å²) in [7, 11) is 0. The van der Waals surface area contributed by atoms with Gasteiger partial charge in [0.2, 0.25) is 0 Å². The molecule has 2 aromatic carbocycles. The van der Waals surface area contributed by atoms with Crippen LogP contribution in [0, 0.1) is 0 Å². The lowest BCUT2D eigenvalue weighted by Gasteiger charge is -2.19. The van der Waals surface area contributed by atoms with Crippen LogP contribution in [0.3, 0.4) is 0 Å². The highest BCUT2D eigenvalue weighted by atomic mass is 35.5. The number of fused-ring (bicyclic) bond motifs is 2. The van der Waals surface area contributed by atoms with Gasteiger partial charge in [-0.05, 0) is 46.2 Å². The van der Waals surface area contributed by atoms with Gasteiger partial charge in [0, 0.05) is 22.5 Å². The van der Waals surface area contributed by atoms with Gasteiger partial charge in [0.15, 0.2) is 0 Å². The van der Waals surface area contributed by atoms with E-state index >= 15 is 0 Å². The predicted molar refractivity (Wildman–Crippen MR) is 115 cm³/mol. The normalized spacial score (nSPS) is 13.0. The van der Waals surface area contributed by atoms with Crippen LogP contribution >= 0.6 is 11.6 Å². The maximum atomic E-state index is 6.64. The van der Waals surface area contributed by atoms with Gasteiger partial charge in [0.25, 0.3) is 0 Å². The van der Waals surface area contributed by atoms with Crippen molar-refractivity contribution in [3.05, 3.63) is 58.9 Å². The summed E-state index contributed by atoms with van der Waals surface area (Å²) in [5, 5.41) is 7.66. The third-order valence-electron chi connectivity index (χ3n) is 5.22. The van der Waals surface area contributed by atoms with Gasteiger partial charge in [-0.25, -0.2) is 4.68 Å². The largest absolute Gasteiger partial charge is 0.361 e. The van der Waals surface area contributed by atoms with Crippen LogP contribution in [0.1, 0.15) is 52.7 Å². The molecular formula is C23H26ClN3. The average Bonchev–Trinajstić information content (AvgIpc) is 3.15. The van der Waals surface area contributed by atoms with E-state index < -0.39 is 0 Å². The van der Waals surface area contributed by atoms with Crippen molar-refractivity contribution < 1.29 is 0 Å². The summed E-state index contributed by atoms with van der Waals surface area (Å²) in [5.41, 5.74) is 5.78. The minimum Gasteiger partial charge on any atom is -0.361 e. The topological polar surface area (TPSA) is 33.6 Å². The highest BCUT2D eigenvalue weighted by Gasteiger charge is 2.21. The molecule has 0 unspecified atom stereocenters. The first-order chi connectivity index (χ1) is 12.6. The molecule has 0 spiro atoms. The molecule has 0 saturated heterocycles. The minimum absolute atomic E-state index is 0.0527. The molecule has 0 aliphatic rings. The molecule has 3 nitrogen and oxygen atoms in total. The fourth-order valence-electron chi connectivity index (χ4n) is 3.61. The van der Waals surface area contributed by atoms with Gasteiger partial charge in [0.1, 0.15) is 0 Å². The summed E-state index contributed by atoms with van der Waals surface area (Å²) >= 11 is 6.64. The van der Waals surface area contributed by atoms with E-state index in [0.717, 1.165) is 22.1 Å². The Balaban J connectivity index is 1.93. The number of aromatic amines is 1. The Labute approximate surface area is 165 Å². The van der Waals surface area contributed by atoms with Crippen molar-refractivity contribution in [3.8, 4) is 5.69 Å². The van der Waals surface area contributed by atoms with Gasteiger partial charge in [-0.15, -0.1) is 0 Å². The molecule has 1 N–H and O–H groups in total. The van der Waals surface area contributed by atoms with Gasteiger partial charge in [-0.3, -0.25) is 0 Å². The van der Waals surface area contributed by atoms with Crippen LogP contribution in [-0.2, 0) is 10.8 Å². The summed E-state index contributed by atoms with van der Waals surface area (Å²) in [6, 6.07) is 10.7. The number of nitrogens with zero attached hydrogens (tertiary/aromatic N) is 2. The second-order valence-corrected chi connectivity index (χ2v) is 9.79. The smallest absolute Gasteiger partial charge is 0.0846 e.